The molecule has 0 heterocycles. The summed E-state index contributed by atoms with van der Waals surface area (Å²) >= 11 is 0. The summed E-state index contributed by atoms with van der Waals surface area (Å²) < 4.78 is 18.7. The first-order valence-electron chi connectivity index (χ1n) is 9.73. The highest BCUT2D eigenvalue weighted by molar-refractivity contribution is 6.09. The lowest BCUT2D eigenvalue weighted by Crippen LogP contribution is -2.52. The van der Waals surface area contributed by atoms with Gasteiger partial charge < -0.3 is 10.1 Å². The molecular formula is C23H23FN2O3. The summed E-state index contributed by atoms with van der Waals surface area (Å²) in [5, 5.41) is 12.3. The van der Waals surface area contributed by atoms with Crippen LogP contribution in [0.2, 0.25) is 0 Å². The predicted octanol–water partition coefficient (Wildman–Crippen LogP) is 4.17. The molecule has 1 N–H and O–H groups in total. The number of nitriles is 1. The largest absolute Gasteiger partial charge is 0.481 e. The number of ether oxygens (including phenoxy) is 1. The van der Waals surface area contributed by atoms with E-state index < -0.39 is 17.5 Å². The van der Waals surface area contributed by atoms with Crippen molar-refractivity contribution in [2.24, 2.45) is 0 Å². The van der Waals surface area contributed by atoms with Crippen LogP contribution in [0.1, 0.15) is 54.9 Å². The molecule has 3 rings (SSSR count). The lowest BCUT2D eigenvalue weighted by Gasteiger charge is -2.32. The molecule has 0 saturated heterocycles. The number of carbonyl (C=O) groups excluding carboxylic acids is 2. The van der Waals surface area contributed by atoms with Crippen LogP contribution in [0, 0.1) is 17.1 Å². The van der Waals surface area contributed by atoms with Crippen LogP contribution < -0.4 is 10.1 Å². The molecule has 0 aromatic heterocycles. The molecule has 6 heteroatoms. The summed E-state index contributed by atoms with van der Waals surface area (Å²) in [6.07, 6.45) is 3.46. The first-order chi connectivity index (χ1) is 13.9. The standard InChI is InChI=1S/C23H23FN2O3/c1-16(22(28)26-23(15-25)13-3-2-4-14-23)29-20-11-7-18(8-12-20)21(27)17-5-9-19(24)10-6-17/h5-12,16H,2-4,13-14H2,1H3,(H,26,28)/t16-/m0/s1. The number of hydrogen-bond acceptors (Lipinski definition) is 4. The molecule has 0 spiro atoms. The number of benzene rings is 2. The van der Waals surface area contributed by atoms with Crippen molar-refractivity contribution in [3.8, 4) is 11.8 Å². The molecule has 2 aromatic carbocycles. The van der Waals surface area contributed by atoms with Gasteiger partial charge >= 0.3 is 0 Å². The van der Waals surface area contributed by atoms with Gasteiger partial charge in [-0.25, -0.2) is 4.39 Å². The van der Waals surface area contributed by atoms with Crippen molar-refractivity contribution in [2.45, 2.75) is 50.7 Å². The van der Waals surface area contributed by atoms with Crippen molar-refractivity contribution in [1.82, 2.24) is 5.32 Å². The van der Waals surface area contributed by atoms with Gasteiger partial charge in [0.05, 0.1) is 6.07 Å². The Balaban J connectivity index is 1.61. The van der Waals surface area contributed by atoms with Gasteiger partial charge in [0.1, 0.15) is 17.1 Å². The molecule has 0 aliphatic heterocycles. The van der Waals surface area contributed by atoms with E-state index in [1.54, 1.807) is 31.2 Å². The maximum atomic E-state index is 13.0. The number of nitrogens with zero attached hydrogens (tertiary/aromatic N) is 1. The molecule has 1 saturated carbocycles. The molecule has 1 fully saturated rings. The molecule has 1 aliphatic rings. The first kappa shape index (κ1) is 20.5. The summed E-state index contributed by atoms with van der Waals surface area (Å²) in [4.78, 5) is 24.9. The minimum atomic E-state index is -0.807. The van der Waals surface area contributed by atoms with E-state index in [2.05, 4.69) is 11.4 Å². The Morgan fingerprint density at radius 1 is 1.03 bits per heavy atom. The lowest BCUT2D eigenvalue weighted by molar-refractivity contribution is -0.129. The van der Waals surface area contributed by atoms with Crippen LogP contribution in [0.15, 0.2) is 48.5 Å². The zero-order valence-electron chi connectivity index (χ0n) is 16.3. The van der Waals surface area contributed by atoms with Crippen LogP contribution in [0.25, 0.3) is 0 Å². The molecule has 5 nitrogen and oxygen atoms in total. The van der Waals surface area contributed by atoms with Crippen LogP contribution in [0.3, 0.4) is 0 Å². The van der Waals surface area contributed by atoms with Crippen molar-refractivity contribution in [1.29, 1.82) is 5.26 Å². The number of nitrogens with one attached hydrogen (secondary N) is 1. The quantitative estimate of drug-likeness (QED) is 0.746. The summed E-state index contributed by atoms with van der Waals surface area (Å²) in [7, 11) is 0. The highest BCUT2D eigenvalue weighted by Crippen LogP contribution is 2.28. The van der Waals surface area contributed by atoms with Crippen LogP contribution in [0.4, 0.5) is 4.39 Å². The van der Waals surface area contributed by atoms with Gasteiger partial charge in [-0.1, -0.05) is 19.3 Å². The molecule has 0 unspecified atom stereocenters. The van der Waals surface area contributed by atoms with E-state index in [-0.39, 0.29) is 11.7 Å². The van der Waals surface area contributed by atoms with E-state index in [9.17, 15) is 19.2 Å². The van der Waals surface area contributed by atoms with Crippen molar-refractivity contribution in [2.75, 3.05) is 0 Å². The Kier molecular flexibility index (Phi) is 6.28. The number of amides is 1. The lowest BCUT2D eigenvalue weighted by atomic mass is 9.83. The van der Waals surface area contributed by atoms with Crippen molar-refractivity contribution < 1.29 is 18.7 Å². The minimum Gasteiger partial charge on any atom is -0.481 e. The first-order valence-corrected chi connectivity index (χ1v) is 9.73. The van der Waals surface area contributed by atoms with Crippen LogP contribution in [0.5, 0.6) is 5.75 Å². The van der Waals surface area contributed by atoms with Gasteiger partial charge in [0.15, 0.2) is 11.9 Å². The summed E-state index contributed by atoms with van der Waals surface area (Å²) in [6, 6.07) is 14.0. The number of carbonyl (C=O) groups is 2. The number of rotatable bonds is 6. The Hall–Kier alpha value is -3.20. The summed E-state index contributed by atoms with van der Waals surface area (Å²) in [6.45, 7) is 1.63. The third-order valence-corrected chi connectivity index (χ3v) is 5.19. The predicted molar refractivity (Wildman–Crippen MR) is 106 cm³/mol. The third kappa shape index (κ3) is 5.00. The van der Waals surface area contributed by atoms with Gasteiger partial charge in [0.2, 0.25) is 0 Å². The maximum absolute atomic E-state index is 13.0. The van der Waals surface area contributed by atoms with E-state index in [0.717, 1.165) is 19.3 Å². The zero-order chi connectivity index (χ0) is 20.9. The number of ketones is 1. The van der Waals surface area contributed by atoms with Gasteiger partial charge in [-0.15, -0.1) is 0 Å². The highest BCUT2D eigenvalue weighted by Gasteiger charge is 2.35. The molecule has 1 aliphatic carbocycles. The average molecular weight is 394 g/mol. The van der Waals surface area contributed by atoms with E-state index in [0.29, 0.717) is 29.7 Å². The molecule has 0 bridgehead atoms. The van der Waals surface area contributed by atoms with Crippen LogP contribution in [-0.4, -0.2) is 23.3 Å². The highest BCUT2D eigenvalue weighted by atomic mass is 19.1. The van der Waals surface area contributed by atoms with Crippen molar-refractivity contribution >= 4 is 11.7 Å². The van der Waals surface area contributed by atoms with Gasteiger partial charge in [-0.3, -0.25) is 9.59 Å². The average Bonchev–Trinajstić information content (AvgIpc) is 2.75. The second kappa shape index (κ2) is 8.87. The fourth-order valence-electron chi connectivity index (χ4n) is 3.47. The van der Waals surface area contributed by atoms with E-state index in [1.165, 1.54) is 24.3 Å². The smallest absolute Gasteiger partial charge is 0.262 e. The Labute approximate surface area is 169 Å². The Morgan fingerprint density at radius 2 is 1.59 bits per heavy atom. The van der Waals surface area contributed by atoms with Gasteiger partial charge in [-0.2, -0.15) is 5.26 Å². The zero-order valence-corrected chi connectivity index (χ0v) is 16.3. The topological polar surface area (TPSA) is 79.2 Å². The molecule has 150 valence electrons. The summed E-state index contributed by atoms with van der Waals surface area (Å²) in [5.41, 5.74) is 0.0204. The molecule has 2 aromatic rings. The van der Waals surface area contributed by atoms with Gasteiger partial charge in [-0.05, 0) is 68.3 Å². The van der Waals surface area contributed by atoms with Crippen molar-refractivity contribution in [3.63, 3.8) is 0 Å². The van der Waals surface area contributed by atoms with Crippen LogP contribution in [-0.2, 0) is 4.79 Å². The molecular weight excluding hydrogens is 371 g/mol. The minimum absolute atomic E-state index is 0.226. The van der Waals surface area contributed by atoms with Gasteiger partial charge in [0, 0.05) is 11.1 Å². The van der Waals surface area contributed by atoms with Gasteiger partial charge in [0.25, 0.3) is 5.91 Å². The second-order valence-corrected chi connectivity index (χ2v) is 7.36. The molecule has 0 radical (unpaired) electrons. The maximum Gasteiger partial charge on any atom is 0.262 e. The number of hydrogen-bond donors (Lipinski definition) is 1. The fourth-order valence-corrected chi connectivity index (χ4v) is 3.47. The monoisotopic (exact) mass is 394 g/mol. The van der Waals surface area contributed by atoms with E-state index >= 15 is 0 Å². The van der Waals surface area contributed by atoms with E-state index in [1.807, 2.05) is 0 Å². The fraction of sp³-hybridized carbons (Fsp3) is 0.348. The van der Waals surface area contributed by atoms with E-state index in [4.69, 9.17) is 4.74 Å². The Bertz CT molecular complexity index is 911. The molecule has 1 amide bonds. The third-order valence-electron chi connectivity index (χ3n) is 5.19. The van der Waals surface area contributed by atoms with Crippen molar-refractivity contribution in [3.05, 3.63) is 65.5 Å². The van der Waals surface area contributed by atoms with Crippen LogP contribution >= 0.6 is 0 Å². The SMILES string of the molecule is C[C@H](Oc1ccc(C(=O)c2ccc(F)cc2)cc1)C(=O)NC1(C#N)CCCCC1. The normalized spacial score (nSPS) is 16.3. The number of halogens is 1. The second-order valence-electron chi connectivity index (χ2n) is 7.36. The molecule has 29 heavy (non-hydrogen) atoms. The summed E-state index contributed by atoms with van der Waals surface area (Å²) in [5.74, 6) is -0.516. The Morgan fingerprint density at radius 3 is 2.14 bits per heavy atom. The molecule has 1 atom stereocenters.